The quantitative estimate of drug-likeness (QED) is 0.350. The molecule has 0 aromatic heterocycles. The monoisotopic (exact) mass is 406 g/mol. The lowest BCUT2D eigenvalue weighted by Gasteiger charge is -2.23. The topological polar surface area (TPSA) is 101 Å². The SMILES string of the molecule is COc1cccc(C=CC(OC(C)=O)C(OC(C)=O)C2OC2C)c1COC(C)=O. The number of hydrogen-bond acceptors (Lipinski definition) is 8. The van der Waals surface area contributed by atoms with Crippen LogP contribution in [0, 0.1) is 0 Å². The highest BCUT2D eigenvalue weighted by atomic mass is 16.6. The van der Waals surface area contributed by atoms with Crippen LogP contribution in [-0.4, -0.2) is 49.4 Å². The van der Waals surface area contributed by atoms with Gasteiger partial charge < -0.3 is 23.7 Å². The Balaban J connectivity index is 2.33. The van der Waals surface area contributed by atoms with E-state index in [2.05, 4.69) is 0 Å². The summed E-state index contributed by atoms with van der Waals surface area (Å²) in [4.78, 5) is 34.4. The Morgan fingerprint density at radius 1 is 1.10 bits per heavy atom. The lowest BCUT2D eigenvalue weighted by atomic mass is 10.0. The third-order valence-electron chi connectivity index (χ3n) is 4.28. The molecule has 4 atom stereocenters. The second-order valence-electron chi connectivity index (χ2n) is 6.62. The summed E-state index contributed by atoms with van der Waals surface area (Å²) >= 11 is 0. The van der Waals surface area contributed by atoms with Crippen molar-refractivity contribution in [1.29, 1.82) is 0 Å². The molecule has 1 fully saturated rings. The van der Waals surface area contributed by atoms with Crippen molar-refractivity contribution < 1.29 is 38.1 Å². The van der Waals surface area contributed by atoms with Crippen molar-refractivity contribution in [1.82, 2.24) is 0 Å². The normalized spacial score (nSPS) is 19.9. The summed E-state index contributed by atoms with van der Waals surface area (Å²) in [5, 5.41) is 0. The van der Waals surface area contributed by atoms with Crippen LogP contribution in [-0.2, 0) is 39.9 Å². The first-order valence-corrected chi connectivity index (χ1v) is 9.20. The summed E-state index contributed by atoms with van der Waals surface area (Å²) in [5.41, 5.74) is 1.36. The van der Waals surface area contributed by atoms with Gasteiger partial charge in [0.1, 0.15) is 18.5 Å². The molecule has 1 heterocycles. The van der Waals surface area contributed by atoms with E-state index in [1.807, 2.05) is 6.92 Å². The molecule has 8 nitrogen and oxygen atoms in total. The maximum atomic E-state index is 11.6. The Labute approximate surface area is 169 Å². The van der Waals surface area contributed by atoms with Gasteiger partial charge in [-0.1, -0.05) is 18.2 Å². The average molecular weight is 406 g/mol. The third kappa shape index (κ3) is 6.60. The molecule has 8 heteroatoms. The molecule has 0 saturated carbocycles. The minimum absolute atomic E-state index is 0.0212. The highest BCUT2D eigenvalue weighted by Gasteiger charge is 2.47. The Hall–Kier alpha value is -2.87. The number of carbonyl (C=O) groups is 3. The van der Waals surface area contributed by atoms with Crippen molar-refractivity contribution in [3.8, 4) is 5.75 Å². The molecular formula is C21H26O8. The van der Waals surface area contributed by atoms with Crippen LogP contribution in [0.15, 0.2) is 24.3 Å². The molecule has 0 amide bonds. The molecule has 4 unspecified atom stereocenters. The first kappa shape index (κ1) is 22.4. The highest BCUT2D eigenvalue weighted by molar-refractivity contribution is 5.68. The minimum atomic E-state index is -0.848. The lowest BCUT2D eigenvalue weighted by molar-refractivity contribution is -0.163. The molecule has 1 saturated heterocycles. The maximum absolute atomic E-state index is 11.6. The molecule has 1 aliphatic rings. The second-order valence-corrected chi connectivity index (χ2v) is 6.62. The first-order chi connectivity index (χ1) is 13.7. The van der Waals surface area contributed by atoms with Crippen LogP contribution in [0.4, 0.5) is 0 Å². The Bertz CT molecular complexity index is 785. The Morgan fingerprint density at radius 2 is 1.76 bits per heavy atom. The third-order valence-corrected chi connectivity index (χ3v) is 4.28. The van der Waals surface area contributed by atoms with E-state index in [-0.39, 0.29) is 18.8 Å². The van der Waals surface area contributed by atoms with Gasteiger partial charge in [-0.15, -0.1) is 0 Å². The molecule has 0 N–H and O–H groups in total. The van der Waals surface area contributed by atoms with E-state index in [1.165, 1.54) is 27.9 Å². The molecule has 0 aliphatic carbocycles. The van der Waals surface area contributed by atoms with Gasteiger partial charge in [0.05, 0.1) is 13.2 Å². The fourth-order valence-corrected chi connectivity index (χ4v) is 2.92. The van der Waals surface area contributed by atoms with E-state index >= 15 is 0 Å². The fourth-order valence-electron chi connectivity index (χ4n) is 2.92. The van der Waals surface area contributed by atoms with E-state index in [1.54, 1.807) is 30.4 Å². The van der Waals surface area contributed by atoms with Gasteiger partial charge >= 0.3 is 17.9 Å². The number of carbonyl (C=O) groups excluding carboxylic acids is 3. The van der Waals surface area contributed by atoms with E-state index in [0.29, 0.717) is 16.9 Å². The average Bonchev–Trinajstić information content (AvgIpc) is 3.37. The lowest BCUT2D eigenvalue weighted by Crippen LogP contribution is -2.38. The van der Waals surface area contributed by atoms with Gasteiger partial charge in [-0.2, -0.15) is 0 Å². The van der Waals surface area contributed by atoms with E-state index < -0.39 is 30.1 Å². The van der Waals surface area contributed by atoms with Crippen LogP contribution < -0.4 is 4.74 Å². The number of ether oxygens (including phenoxy) is 5. The molecule has 2 rings (SSSR count). The molecule has 29 heavy (non-hydrogen) atoms. The Kier molecular flexibility index (Phi) is 7.78. The smallest absolute Gasteiger partial charge is 0.303 e. The number of esters is 3. The molecule has 1 aromatic carbocycles. The second kappa shape index (κ2) is 10.1. The zero-order chi connectivity index (χ0) is 21.6. The molecule has 0 bridgehead atoms. The standard InChI is InChI=1S/C21H26O8/c1-12-20(27-12)21(29-15(4)24)19(28-14(3)23)10-9-16-7-6-8-18(25-5)17(16)11-26-13(2)22/h6-10,12,19-21H,11H2,1-5H3. The zero-order valence-electron chi connectivity index (χ0n) is 17.2. The summed E-state index contributed by atoms with van der Waals surface area (Å²) in [7, 11) is 1.52. The van der Waals surface area contributed by atoms with Gasteiger partial charge in [0.15, 0.2) is 12.2 Å². The largest absolute Gasteiger partial charge is 0.496 e. The van der Waals surface area contributed by atoms with Gasteiger partial charge in [-0.25, -0.2) is 0 Å². The predicted molar refractivity (Wildman–Crippen MR) is 103 cm³/mol. The van der Waals surface area contributed by atoms with E-state index in [4.69, 9.17) is 23.7 Å². The molecule has 1 aromatic rings. The van der Waals surface area contributed by atoms with Crippen molar-refractivity contribution in [3.05, 3.63) is 35.4 Å². The van der Waals surface area contributed by atoms with Crippen molar-refractivity contribution >= 4 is 24.0 Å². The van der Waals surface area contributed by atoms with Crippen LogP contribution in [0.25, 0.3) is 6.08 Å². The van der Waals surface area contributed by atoms with E-state index in [0.717, 1.165) is 0 Å². The van der Waals surface area contributed by atoms with Crippen molar-refractivity contribution in [2.75, 3.05) is 7.11 Å². The number of benzene rings is 1. The molecule has 0 radical (unpaired) electrons. The highest BCUT2D eigenvalue weighted by Crippen LogP contribution is 2.31. The molecule has 158 valence electrons. The summed E-state index contributed by atoms with van der Waals surface area (Å²) in [6.07, 6.45) is 1.23. The summed E-state index contributed by atoms with van der Waals surface area (Å²) in [5.74, 6) is -0.886. The van der Waals surface area contributed by atoms with Crippen molar-refractivity contribution in [3.63, 3.8) is 0 Å². The van der Waals surface area contributed by atoms with Gasteiger partial charge in [0, 0.05) is 26.3 Å². The van der Waals surface area contributed by atoms with Crippen LogP contribution in [0.1, 0.15) is 38.8 Å². The van der Waals surface area contributed by atoms with Crippen LogP contribution >= 0.6 is 0 Å². The van der Waals surface area contributed by atoms with Gasteiger partial charge in [-0.05, 0) is 24.6 Å². The number of hydrogen-bond donors (Lipinski definition) is 0. The summed E-state index contributed by atoms with van der Waals surface area (Å²) in [6.45, 7) is 5.75. The van der Waals surface area contributed by atoms with Crippen molar-refractivity contribution in [2.45, 2.75) is 58.7 Å². The van der Waals surface area contributed by atoms with Crippen LogP contribution in [0.5, 0.6) is 5.75 Å². The van der Waals surface area contributed by atoms with Crippen LogP contribution in [0.2, 0.25) is 0 Å². The fraction of sp³-hybridized carbons (Fsp3) is 0.476. The zero-order valence-corrected chi connectivity index (χ0v) is 17.2. The van der Waals surface area contributed by atoms with Gasteiger partial charge in [0.25, 0.3) is 0 Å². The van der Waals surface area contributed by atoms with Gasteiger partial charge in [-0.3, -0.25) is 14.4 Å². The molecular weight excluding hydrogens is 380 g/mol. The Morgan fingerprint density at radius 3 is 2.28 bits per heavy atom. The van der Waals surface area contributed by atoms with Crippen LogP contribution in [0.3, 0.4) is 0 Å². The number of rotatable bonds is 9. The maximum Gasteiger partial charge on any atom is 0.303 e. The van der Waals surface area contributed by atoms with E-state index in [9.17, 15) is 14.4 Å². The number of epoxide rings is 1. The van der Waals surface area contributed by atoms with Crippen molar-refractivity contribution in [2.24, 2.45) is 0 Å². The predicted octanol–water partition coefficient (Wildman–Crippen LogP) is 2.42. The first-order valence-electron chi connectivity index (χ1n) is 9.20. The molecule has 0 spiro atoms. The summed E-state index contributed by atoms with van der Waals surface area (Å²) in [6, 6.07) is 5.34. The van der Waals surface area contributed by atoms with Gasteiger partial charge in [0.2, 0.25) is 0 Å². The summed E-state index contributed by atoms with van der Waals surface area (Å²) < 4.78 is 26.7. The molecule has 1 aliphatic heterocycles. The minimum Gasteiger partial charge on any atom is -0.496 e. The number of methoxy groups -OCH3 is 1.